The molecule has 27 heavy (non-hydrogen) atoms. The van der Waals surface area contributed by atoms with E-state index in [2.05, 4.69) is 9.97 Å². The molecule has 0 unspecified atom stereocenters. The molecule has 2 aromatic carbocycles. The van der Waals surface area contributed by atoms with Crippen LogP contribution >= 0.6 is 0 Å². The smallest absolute Gasteiger partial charge is 0.175 e. The number of fused-ring (bicyclic) bond motifs is 1. The van der Waals surface area contributed by atoms with Gasteiger partial charge in [-0.1, -0.05) is 30.3 Å². The average molecular weight is 375 g/mol. The molecule has 2 aromatic heterocycles. The minimum atomic E-state index is -3.23. The highest BCUT2D eigenvalue weighted by Gasteiger charge is 2.11. The summed E-state index contributed by atoms with van der Waals surface area (Å²) < 4.78 is 23.3. The molecule has 4 rings (SSSR count). The molecule has 0 aliphatic rings. The van der Waals surface area contributed by atoms with Gasteiger partial charge in [-0.05, 0) is 40.8 Å². The summed E-state index contributed by atoms with van der Waals surface area (Å²) in [5.74, 6) is 0.441. The highest BCUT2D eigenvalue weighted by atomic mass is 32.2. The number of hydrogen-bond donors (Lipinski definition) is 1. The van der Waals surface area contributed by atoms with Crippen LogP contribution in [0.2, 0.25) is 0 Å². The van der Waals surface area contributed by atoms with Gasteiger partial charge in [-0.25, -0.2) is 13.4 Å². The number of aromatic nitrogens is 2. The normalized spacial score (nSPS) is 11.6. The number of nitrogen functional groups attached to an aromatic ring is 1. The van der Waals surface area contributed by atoms with Gasteiger partial charge in [-0.3, -0.25) is 4.98 Å². The summed E-state index contributed by atoms with van der Waals surface area (Å²) in [7, 11) is -3.23. The maximum atomic E-state index is 11.7. The van der Waals surface area contributed by atoms with Crippen molar-refractivity contribution in [2.24, 2.45) is 0 Å². The van der Waals surface area contributed by atoms with Crippen LogP contribution in [0.3, 0.4) is 0 Å². The third-order valence-corrected chi connectivity index (χ3v) is 5.63. The SMILES string of the molecule is CS(=O)(=O)c1ccc(-c2cnc(N)c(-c3cccc4cnccc34)c2)cc1. The highest BCUT2D eigenvalue weighted by molar-refractivity contribution is 7.90. The summed E-state index contributed by atoms with van der Waals surface area (Å²) >= 11 is 0. The lowest BCUT2D eigenvalue weighted by molar-refractivity contribution is 0.602. The van der Waals surface area contributed by atoms with Crippen molar-refractivity contribution in [1.29, 1.82) is 0 Å². The first-order chi connectivity index (χ1) is 12.9. The number of rotatable bonds is 3. The molecule has 0 bridgehead atoms. The second kappa shape index (κ2) is 6.48. The van der Waals surface area contributed by atoms with Crippen LogP contribution in [0, 0.1) is 0 Å². The second-order valence-corrected chi connectivity index (χ2v) is 8.37. The van der Waals surface area contributed by atoms with Crippen LogP contribution in [-0.2, 0) is 9.84 Å². The molecule has 0 atom stereocenters. The van der Waals surface area contributed by atoms with Crippen LogP contribution in [0.25, 0.3) is 33.0 Å². The Labute approximate surface area is 157 Å². The van der Waals surface area contributed by atoms with E-state index in [1.54, 1.807) is 36.7 Å². The lowest BCUT2D eigenvalue weighted by Gasteiger charge is -2.11. The van der Waals surface area contributed by atoms with E-state index in [4.69, 9.17) is 5.73 Å². The number of benzene rings is 2. The van der Waals surface area contributed by atoms with Gasteiger partial charge in [0.25, 0.3) is 0 Å². The number of pyridine rings is 2. The lowest BCUT2D eigenvalue weighted by Crippen LogP contribution is -1.97. The number of anilines is 1. The number of nitrogens with zero attached hydrogens (tertiary/aromatic N) is 2. The molecular formula is C21H17N3O2S. The zero-order valence-corrected chi connectivity index (χ0v) is 15.4. The molecule has 6 heteroatoms. The molecule has 0 amide bonds. The minimum Gasteiger partial charge on any atom is -0.383 e. The van der Waals surface area contributed by atoms with E-state index >= 15 is 0 Å². The van der Waals surface area contributed by atoms with Crippen LogP contribution in [0.4, 0.5) is 5.82 Å². The largest absolute Gasteiger partial charge is 0.383 e. The second-order valence-electron chi connectivity index (χ2n) is 6.36. The van der Waals surface area contributed by atoms with E-state index < -0.39 is 9.84 Å². The molecule has 2 N–H and O–H groups in total. The topological polar surface area (TPSA) is 85.9 Å². The summed E-state index contributed by atoms with van der Waals surface area (Å²) in [5, 5.41) is 2.07. The molecule has 0 fully saturated rings. The van der Waals surface area contributed by atoms with E-state index in [0.717, 1.165) is 33.0 Å². The van der Waals surface area contributed by atoms with E-state index in [9.17, 15) is 8.42 Å². The Bertz CT molecular complexity index is 1240. The van der Waals surface area contributed by atoms with Crippen LogP contribution in [0.5, 0.6) is 0 Å². The van der Waals surface area contributed by atoms with Crippen LogP contribution in [0.15, 0.2) is 78.1 Å². The Balaban J connectivity index is 1.85. The minimum absolute atomic E-state index is 0.288. The maximum absolute atomic E-state index is 11.7. The third-order valence-electron chi connectivity index (χ3n) is 4.51. The summed E-state index contributed by atoms with van der Waals surface area (Å²) in [4.78, 5) is 8.81. The van der Waals surface area contributed by atoms with Gasteiger partial charge >= 0.3 is 0 Å². The zero-order valence-electron chi connectivity index (χ0n) is 14.6. The van der Waals surface area contributed by atoms with Crippen LogP contribution in [-0.4, -0.2) is 24.6 Å². The van der Waals surface area contributed by atoms with E-state index in [0.29, 0.717) is 5.82 Å². The fourth-order valence-electron chi connectivity index (χ4n) is 3.10. The number of nitrogens with two attached hydrogens (primary N) is 1. The van der Waals surface area contributed by atoms with E-state index in [1.165, 1.54) is 6.26 Å². The fourth-order valence-corrected chi connectivity index (χ4v) is 3.73. The predicted octanol–water partition coefficient (Wildman–Crippen LogP) is 3.95. The molecule has 0 saturated heterocycles. The number of hydrogen-bond acceptors (Lipinski definition) is 5. The zero-order chi connectivity index (χ0) is 19.0. The molecule has 0 radical (unpaired) electrons. The van der Waals surface area contributed by atoms with Crippen molar-refractivity contribution in [3.05, 3.63) is 73.2 Å². The van der Waals surface area contributed by atoms with Crippen LogP contribution in [0.1, 0.15) is 0 Å². The first kappa shape index (κ1) is 17.2. The van der Waals surface area contributed by atoms with Gasteiger partial charge in [0.2, 0.25) is 0 Å². The van der Waals surface area contributed by atoms with Gasteiger partial charge in [0, 0.05) is 41.4 Å². The van der Waals surface area contributed by atoms with Gasteiger partial charge in [-0.2, -0.15) is 0 Å². The first-order valence-corrected chi connectivity index (χ1v) is 10.2. The van der Waals surface area contributed by atoms with Crippen LogP contribution < -0.4 is 5.73 Å². The monoisotopic (exact) mass is 375 g/mol. The summed E-state index contributed by atoms with van der Waals surface area (Å²) in [6.07, 6.45) is 6.46. The number of sulfone groups is 1. The standard InChI is InChI=1S/C21H17N3O2S/c1-27(25,26)17-7-5-14(6-8-17)16-11-20(21(22)24-13-16)19-4-2-3-15-12-23-10-9-18(15)19/h2-13H,1H3,(H2,22,24). The molecule has 5 nitrogen and oxygen atoms in total. The van der Waals surface area contributed by atoms with Crippen molar-refractivity contribution in [1.82, 2.24) is 9.97 Å². The van der Waals surface area contributed by atoms with Crippen molar-refractivity contribution < 1.29 is 8.42 Å². The summed E-state index contributed by atoms with van der Waals surface area (Å²) in [5.41, 5.74) is 9.72. The Morgan fingerprint density at radius 3 is 2.41 bits per heavy atom. The molecule has 0 aliphatic carbocycles. The molecular weight excluding hydrogens is 358 g/mol. The lowest BCUT2D eigenvalue weighted by atomic mass is 9.97. The Morgan fingerprint density at radius 2 is 1.67 bits per heavy atom. The van der Waals surface area contributed by atoms with Crippen molar-refractivity contribution in [3.63, 3.8) is 0 Å². The Kier molecular flexibility index (Phi) is 4.12. The molecule has 134 valence electrons. The quantitative estimate of drug-likeness (QED) is 0.586. The Hall–Kier alpha value is -3.25. The van der Waals surface area contributed by atoms with E-state index in [-0.39, 0.29) is 4.90 Å². The van der Waals surface area contributed by atoms with Crippen molar-refractivity contribution in [2.75, 3.05) is 12.0 Å². The van der Waals surface area contributed by atoms with Crippen molar-refractivity contribution >= 4 is 26.4 Å². The molecule has 0 saturated carbocycles. The highest BCUT2D eigenvalue weighted by Crippen LogP contribution is 2.34. The van der Waals surface area contributed by atoms with Gasteiger partial charge in [0.15, 0.2) is 9.84 Å². The van der Waals surface area contributed by atoms with E-state index in [1.807, 2.05) is 36.5 Å². The first-order valence-electron chi connectivity index (χ1n) is 8.32. The van der Waals surface area contributed by atoms with Gasteiger partial charge in [0.1, 0.15) is 5.82 Å². The molecule has 0 aliphatic heterocycles. The van der Waals surface area contributed by atoms with Crippen molar-refractivity contribution in [3.8, 4) is 22.3 Å². The summed E-state index contributed by atoms with van der Waals surface area (Å²) in [6.45, 7) is 0. The summed E-state index contributed by atoms with van der Waals surface area (Å²) in [6, 6.07) is 16.7. The molecule has 2 heterocycles. The fraction of sp³-hybridized carbons (Fsp3) is 0.0476. The van der Waals surface area contributed by atoms with Gasteiger partial charge in [0.05, 0.1) is 4.90 Å². The molecule has 0 spiro atoms. The third kappa shape index (κ3) is 3.27. The Morgan fingerprint density at radius 1 is 0.889 bits per heavy atom. The average Bonchev–Trinajstić information content (AvgIpc) is 2.67. The van der Waals surface area contributed by atoms with Gasteiger partial charge in [-0.15, -0.1) is 0 Å². The molecule has 4 aromatic rings. The van der Waals surface area contributed by atoms with Crippen molar-refractivity contribution in [2.45, 2.75) is 4.90 Å². The van der Waals surface area contributed by atoms with Gasteiger partial charge < -0.3 is 5.73 Å². The maximum Gasteiger partial charge on any atom is 0.175 e. The predicted molar refractivity (Wildman–Crippen MR) is 108 cm³/mol.